The second-order valence-electron chi connectivity index (χ2n) is 7.84. The molecule has 0 heterocycles. The van der Waals surface area contributed by atoms with Gasteiger partial charge in [0.2, 0.25) is 5.91 Å². The molecule has 2 aromatic carbocycles. The van der Waals surface area contributed by atoms with Crippen molar-refractivity contribution in [2.24, 2.45) is 0 Å². The minimum absolute atomic E-state index is 0.0713. The summed E-state index contributed by atoms with van der Waals surface area (Å²) < 4.78 is 0. The van der Waals surface area contributed by atoms with E-state index in [-0.39, 0.29) is 11.9 Å². The van der Waals surface area contributed by atoms with Gasteiger partial charge in [0, 0.05) is 27.3 Å². The number of rotatable bonds is 10. The molecule has 152 valence electrons. The van der Waals surface area contributed by atoms with Crippen molar-refractivity contribution < 1.29 is 9.90 Å². The smallest absolute Gasteiger partial charge is 0.220 e. The van der Waals surface area contributed by atoms with E-state index in [1.54, 1.807) is 11.8 Å². The highest BCUT2D eigenvalue weighted by atomic mass is 35.5. The molecular formula is C23H30ClNO2S. The Morgan fingerprint density at radius 1 is 1.18 bits per heavy atom. The Labute approximate surface area is 177 Å². The van der Waals surface area contributed by atoms with Crippen LogP contribution in [0.5, 0.6) is 0 Å². The lowest BCUT2D eigenvalue weighted by molar-refractivity contribution is -0.121. The summed E-state index contributed by atoms with van der Waals surface area (Å²) in [6.45, 7) is 5.65. The first-order chi connectivity index (χ1) is 13.2. The fraction of sp³-hybridized carbons (Fsp3) is 0.435. The normalized spacial score (nSPS) is 12.6. The van der Waals surface area contributed by atoms with Gasteiger partial charge in [0.25, 0.3) is 0 Å². The van der Waals surface area contributed by atoms with E-state index in [0.29, 0.717) is 12.8 Å². The van der Waals surface area contributed by atoms with Gasteiger partial charge in [0.15, 0.2) is 0 Å². The van der Waals surface area contributed by atoms with E-state index >= 15 is 0 Å². The van der Waals surface area contributed by atoms with Crippen molar-refractivity contribution in [1.29, 1.82) is 0 Å². The van der Waals surface area contributed by atoms with Crippen LogP contribution in [-0.2, 0) is 11.2 Å². The molecule has 0 saturated carbocycles. The fourth-order valence-corrected chi connectivity index (χ4v) is 4.05. The third-order valence-electron chi connectivity index (χ3n) is 4.47. The molecule has 0 aliphatic rings. The summed E-state index contributed by atoms with van der Waals surface area (Å²) in [6, 6.07) is 16.1. The zero-order valence-corrected chi connectivity index (χ0v) is 18.4. The SMILES string of the molecule is CC(CCCC(C)(C)O)NC(=O)CCc1ccccc1Sc1ccc(Cl)cc1. The average molecular weight is 420 g/mol. The van der Waals surface area contributed by atoms with Gasteiger partial charge in [-0.1, -0.05) is 41.6 Å². The summed E-state index contributed by atoms with van der Waals surface area (Å²) in [5.41, 5.74) is 0.530. The minimum Gasteiger partial charge on any atom is -0.390 e. The maximum absolute atomic E-state index is 12.3. The maximum Gasteiger partial charge on any atom is 0.220 e. The van der Waals surface area contributed by atoms with Crippen molar-refractivity contribution in [3.05, 3.63) is 59.1 Å². The molecule has 0 bridgehead atoms. The van der Waals surface area contributed by atoms with Gasteiger partial charge in [0.05, 0.1) is 5.60 Å². The third kappa shape index (κ3) is 8.68. The molecule has 2 N–H and O–H groups in total. The maximum atomic E-state index is 12.3. The predicted molar refractivity (Wildman–Crippen MR) is 118 cm³/mol. The molecule has 0 radical (unpaired) electrons. The number of aryl methyl sites for hydroxylation is 1. The number of aliphatic hydroxyl groups is 1. The van der Waals surface area contributed by atoms with Crippen molar-refractivity contribution in [2.45, 2.75) is 74.3 Å². The first-order valence-electron chi connectivity index (χ1n) is 9.76. The zero-order valence-electron chi connectivity index (χ0n) is 16.9. The first kappa shape index (κ1) is 22.8. The molecule has 5 heteroatoms. The summed E-state index contributed by atoms with van der Waals surface area (Å²) in [5, 5.41) is 13.6. The number of carbonyl (C=O) groups excluding carboxylic acids is 1. The van der Waals surface area contributed by atoms with Gasteiger partial charge >= 0.3 is 0 Å². The molecule has 0 spiro atoms. The molecule has 0 aromatic heterocycles. The Kier molecular flexibility index (Phi) is 8.87. The highest BCUT2D eigenvalue weighted by Gasteiger charge is 2.14. The van der Waals surface area contributed by atoms with Crippen molar-refractivity contribution in [1.82, 2.24) is 5.32 Å². The summed E-state index contributed by atoms with van der Waals surface area (Å²) in [5.74, 6) is 0.0713. The molecule has 1 unspecified atom stereocenters. The summed E-state index contributed by atoms with van der Waals surface area (Å²) >= 11 is 7.65. The van der Waals surface area contributed by atoms with E-state index in [1.165, 1.54) is 5.56 Å². The van der Waals surface area contributed by atoms with E-state index in [4.69, 9.17) is 11.6 Å². The van der Waals surface area contributed by atoms with E-state index in [2.05, 4.69) is 17.4 Å². The van der Waals surface area contributed by atoms with E-state index in [0.717, 1.165) is 34.1 Å². The van der Waals surface area contributed by atoms with Crippen LogP contribution in [0.15, 0.2) is 58.3 Å². The first-order valence-corrected chi connectivity index (χ1v) is 11.0. The van der Waals surface area contributed by atoms with Gasteiger partial charge < -0.3 is 10.4 Å². The Morgan fingerprint density at radius 3 is 2.54 bits per heavy atom. The molecule has 1 atom stereocenters. The molecular weight excluding hydrogens is 390 g/mol. The number of carbonyl (C=O) groups is 1. The number of halogens is 1. The van der Waals surface area contributed by atoms with Crippen LogP contribution in [0.4, 0.5) is 0 Å². The number of amides is 1. The molecule has 28 heavy (non-hydrogen) atoms. The summed E-state index contributed by atoms with van der Waals surface area (Å²) in [7, 11) is 0. The summed E-state index contributed by atoms with van der Waals surface area (Å²) in [6.07, 6.45) is 3.68. The molecule has 2 aromatic rings. The molecule has 0 aliphatic carbocycles. The van der Waals surface area contributed by atoms with Crippen LogP contribution in [-0.4, -0.2) is 22.7 Å². The number of benzene rings is 2. The molecule has 1 amide bonds. The van der Waals surface area contributed by atoms with Gasteiger partial charge in [-0.2, -0.15) is 0 Å². The van der Waals surface area contributed by atoms with E-state index in [9.17, 15) is 9.90 Å². The van der Waals surface area contributed by atoms with Crippen LogP contribution in [0.3, 0.4) is 0 Å². The monoisotopic (exact) mass is 419 g/mol. The number of hydrogen-bond acceptors (Lipinski definition) is 3. The van der Waals surface area contributed by atoms with Crippen molar-refractivity contribution in [3.63, 3.8) is 0 Å². The van der Waals surface area contributed by atoms with Gasteiger partial charge in [-0.3, -0.25) is 4.79 Å². The van der Waals surface area contributed by atoms with Gasteiger partial charge in [-0.05, 0) is 82.3 Å². The van der Waals surface area contributed by atoms with Crippen LogP contribution in [0.25, 0.3) is 0 Å². The van der Waals surface area contributed by atoms with Crippen molar-refractivity contribution in [3.8, 4) is 0 Å². The molecule has 0 fully saturated rings. The molecule has 0 saturated heterocycles. The largest absolute Gasteiger partial charge is 0.390 e. The predicted octanol–water partition coefficient (Wildman–Crippen LogP) is 5.87. The minimum atomic E-state index is -0.644. The number of hydrogen-bond donors (Lipinski definition) is 2. The quantitative estimate of drug-likeness (QED) is 0.506. The second kappa shape index (κ2) is 10.9. The Bertz CT molecular complexity index is 756. The third-order valence-corrected chi connectivity index (χ3v) is 5.85. The lowest BCUT2D eigenvalue weighted by atomic mass is 9.99. The van der Waals surface area contributed by atoms with Gasteiger partial charge in [-0.15, -0.1) is 0 Å². The van der Waals surface area contributed by atoms with Crippen molar-refractivity contribution in [2.75, 3.05) is 0 Å². The Balaban J connectivity index is 1.83. The van der Waals surface area contributed by atoms with Crippen LogP contribution >= 0.6 is 23.4 Å². The standard InChI is InChI=1S/C23H30ClNO2S/c1-17(7-6-16-23(2,3)27)25-22(26)15-10-18-8-4-5-9-21(18)28-20-13-11-19(24)12-14-20/h4-5,8-9,11-14,17,27H,6-7,10,15-16H2,1-3H3,(H,25,26). The van der Waals surface area contributed by atoms with Crippen LogP contribution in [0.1, 0.15) is 52.0 Å². The zero-order chi connectivity index (χ0) is 20.6. The van der Waals surface area contributed by atoms with Crippen LogP contribution < -0.4 is 5.32 Å². The Hall–Kier alpha value is -1.49. The average Bonchev–Trinajstić information content (AvgIpc) is 2.62. The summed E-state index contributed by atoms with van der Waals surface area (Å²) in [4.78, 5) is 14.6. The highest BCUT2D eigenvalue weighted by Crippen LogP contribution is 2.31. The lowest BCUT2D eigenvalue weighted by Gasteiger charge is -2.19. The van der Waals surface area contributed by atoms with Crippen LogP contribution in [0, 0.1) is 0 Å². The van der Waals surface area contributed by atoms with E-state index < -0.39 is 5.60 Å². The Morgan fingerprint density at radius 2 is 1.86 bits per heavy atom. The highest BCUT2D eigenvalue weighted by molar-refractivity contribution is 7.99. The molecule has 2 rings (SSSR count). The molecule has 3 nitrogen and oxygen atoms in total. The van der Waals surface area contributed by atoms with Crippen molar-refractivity contribution >= 4 is 29.3 Å². The topological polar surface area (TPSA) is 49.3 Å². The fourth-order valence-electron chi connectivity index (χ4n) is 2.95. The van der Waals surface area contributed by atoms with Gasteiger partial charge in [-0.25, -0.2) is 0 Å². The lowest BCUT2D eigenvalue weighted by Crippen LogP contribution is -2.33. The second-order valence-corrected chi connectivity index (χ2v) is 9.39. The molecule has 0 aliphatic heterocycles. The van der Waals surface area contributed by atoms with Crippen LogP contribution in [0.2, 0.25) is 5.02 Å². The van der Waals surface area contributed by atoms with E-state index in [1.807, 2.05) is 57.2 Å². The van der Waals surface area contributed by atoms with Gasteiger partial charge in [0.1, 0.15) is 0 Å². The number of nitrogens with one attached hydrogen (secondary N) is 1.